The molecule has 0 atom stereocenters. The molecule has 0 aliphatic heterocycles. The van der Waals surface area contributed by atoms with E-state index >= 15 is 0 Å². The first-order valence-corrected chi connectivity index (χ1v) is 10.4. The molecule has 0 bridgehead atoms. The Labute approximate surface area is 181 Å². The average Bonchev–Trinajstić information content (AvgIpc) is 2.66. The predicted molar refractivity (Wildman–Crippen MR) is 124 cm³/mol. The first kappa shape index (κ1) is 23.5. The van der Waals surface area contributed by atoms with Crippen LogP contribution in [0.4, 0.5) is 11.4 Å². The second-order valence-electron chi connectivity index (χ2n) is 9.28. The normalized spacial score (nSPS) is 11.3. The van der Waals surface area contributed by atoms with Crippen molar-refractivity contribution in [2.24, 2.45) is 11.3 Å². The summed E-state index contributed by atoms with van der Waals surface area (Å²) >= 11 is 0. The van der Waals surface area contributed by atoms with E-state index in [1.165, 1.54) is 0 Å². The molecule has 5 heteroatoms. The molecule has 2 aromatic rings. The van der Waals surface area contributed by atoms with Gasteiger partial charge in [-0.05, 0) is 29.3 Å². The summed E-state index contributed by atoms with van der Waals surface area (Å²) in [4.78, 5) is 29.3. The van der Waals surface area contributed by atoms with Crippen molar-refractivity contribution in [3.63, 3.8) is 0 Å². The van der Waals surface area contributed by atoms with Crippen molar-refractivity contribution in [3.8, 4) is 0 Å². The van der Waals surface area contributed by atoms with Gasteiger partial charge in [-0.3, -0.25) is 9.59 Å². The van der Waals surface area contributed by atoms with Gasteiger partial charge in [0.25, 0.3) is 0 Å². The number of carbonyl (C=O) groups is 2. The number of hydrogen-bond donors (Lipinski definition) is 1. The van der Waals surface area contributed by atoms with Gasteiger partial charge in [-0.25, -0.2) is 0 Å². The first-order valence-electron chi connectivity index (χ1n) is 10.4. The van der Waals surface area contributed by atoms with Crippen molar-refractivity contribution in [3.05, 3.63) is 59.7 Å². The molecule has 30 heavy (non-hydrogen) atoms. The van der Waals surface area contributed by atoms with Crippen molar-refractivity contribution < 1.29 is 9.59 Å². The lowest BCUT2D eigenvalue weighted by molar-refractivity contribution is -0.140. The quantitative estimate of drug-likeness (QED) is 0.706. The maximum atomic E-state index is 13.2. The second kappa shape index (κ2) is 9.79. The monoisotopic (exact) mass is 409 g/mol. The molecule has 0 aliphatic carbocycles. The van der Waals surface area contributed by atoms with Gasteiger partial charge in [0.2, 0.25) is 11.8 Å². The standard InChI is InChI=1S/C25H35N3O2/c1-18(2)23(29)26-21-13-14-22(27(6)7)20(15-21)17-28(24(30)25(3,4)5)16-19-11-9-8-10-12-19/h8-15,18H,16-17H2,1-7H3,(H,26,29). The zero-order valence-corrected chi connectivity index (χ0v) is 19.3. The zero-order valence-electron chi connectivity index (χ0n) is 19.3. The van der Waals surface area contributed by atoms with Crippen LogP contribution >= 0.6 is 0 Å². The molecule has 0 saturated carbocycles. The van der Waals surface area contributed by atoms with Crippen LogP contribution in [0.2, 0.25) is 0 Å². The van der Waals surface area contributed by atoms with Crippen molar-refractivity contribution in [2.45, 2.75) is 47.7 Å². The molecule has 162 valence electrons. The lowest BCUT2D eigenvalue weighted by Crippen LogP contribution is -2.38. The van der Waals surface area contributed by atoms with Gasteiger partial charge in [-0.15, -0.1) is 0 Å². The van der Waals surface area contributed by atoms with Crippen LogP contribution in [0.5, 0.6) is 0 Å². The molecule has 1 N–H and O–H groups in total. The van der Waals surface area contributed by atoms with Gasteiger partial charge in [0, 0.05) is 49.9 Å². The average molecular weight is 410 g/mol. The SMILES string of the molecule is CC(C)C(=O)Nc1ccc(N(C)C)c(CN(Cc2ccccc2)C(=O)C(C)(C)C)c1. The Bertz CT molecular complexity index is 868. The summed E-state index contributed by atoms with van der Waals surface area (Å²) in [7, 11) is 3.97. The molecule has 0 radical (unpaired) electrons. The molecule has 2 rings (SSSR count). The summed E-state index contributed by atoms with van der Waals surface area (Å²) in [6.07, 6.45) is 0. The Morgan fingerprint density at radius 3 is 2.13 bits per heavy atom. The smallest absolute Gasteiger partial charge is 0.228 e. The number of anilines is 2. The summed E-state index contributed by atoms with van der Waals surface area (Å²) in [6, 6.07) is 15.9. The number of rotatable bonds is 7. The second-order valence-corrected chi connectivity index (χ2v) is 9.28. The van der Waals surface area contributed by atoms with Gasteiger partial charge in [-0.1, -0.05) is 65.0 Å². The van der Waals surface area contributed by atoms with Gasteiger partial charge in [0.05, 0.1) is 0 Å². The minimum Gasteiger partial charge on any atom is -0.377 e. The fraction of sp³-hybridized carbons (Fsp3) is 0.440. The Morgan fingerprint density at radius 1 is 0.967 bits per heavy atom. The number of hydrogen-bond acceptors (Lipinski definition) is 3. The van der Waals surface area contributed by atoms with Crippen molar-refractivity contribution in [2.75, 3.05) is 24.3 Å². The van der Waals surface area contributed by atoms with E-state index in [1.54, 1.807) is 0 Å². The summed E-state index contributed by atoms with van der Waals surface area (Å²) in [5.41, 5.74) is 3.37. The Balaban J connectivity index is 2.40. The van der Waals surface area contributed by atoms with E-state index in [4.69, 9.17) is 0 Å². The molecular weight excluding hydrogens is 374 g/mol. The fourth-order valence-corrected chi connectivity index (χ4v) is 3.20. The number of benzene rings is 2. The van der Waals surface area contributed by atoms with E-state index < -0.39 is 5.41 Å². The number of amides is 2. The highest BCUT2D eigenvalue weighted by Gasteiger charge is 2.28. The molecule has 2 amide bonds. The van der Waals surface area contributed by atoms with Gasteiger partial charge in [0.15, 0.2) is 0 Å². The largest absolute Gasteiger partial charge is 0.377 e. The number of nitrogens with one attached hydrogen (secondary N) is 1. The molecular formula is C25H35N3O2. The molecule has 0 unspecified atom stereocenters. The van der Waals surface area contributed by atoms with Crippen LogP contribution in [0.1, 0.15) is 45.7 Å². The minimum absolute atomic E-state index is 0.0227. The lowest BCUT2D eigenvalue weighted by atomic mass is 9.94. The third kappa shape index (κ3) is 6.34. The maximum Gasteiger partial charge on any atom is 0.228 e. The maximum absolute atomic E-state index is 13.2. The third-order valence-corrected chi connectivity index (χ3v) is 4.86. The molecule has 0 saturated heterocycles. The number of nitrogens with zero attached hydrogens (tertiary/aromatic N) is 2. The lowest BCUT2D eigenvalue weighted by Gasteiger charge is -2.31. The molecule has 0 aromatic heterocycles. The van der Waals surface area contributed by atoms with Gasteiger partial charge in [-0.2, -0.15) is 0 Å². The molecule has 0 fully saturated rings. The van der Waals surface area contributed by atoms with Crippen molar-refractivity contribution >= 4 is 23.2 Å². The van der Waals surface area contributed by atoms with Gasteiger partial charge < -0.3 is 15.1 Å². The van der Waals surface area contributed by atoms with E-state index in [9.17, 15) is 9.59 Å². The molecule has 5 nitrogen and oxygen atoms in total. The highest BCUT2D eigenvalue weighted by atomic mass is 16.2. The summed E-state index contributed by atoms with van der Waals surface area (Å²) in [5, 5.41) is 2.97. The Hall–Kier alpha value is -2.82. The molecule has 0 aliphatic rings. The van der Waals surface area contributed by atoms with Crippen LogP contribution in [0.15, 0.2) is 48.5 Å². The topological polar surface area (TPSA) is 52.7 Å². The highest BCUT2D eigenvalue weighted by Crippen LogP contribution is 2.28. The van der Waals surface area contributed by atoms with Crippen LogP contribution in [-0.4, -0.2) is 30.8 Å². The zero-order chi connectivity index (χ0) is 22.5. The van der Waals surface area contributed by atoms with Crippen LogP contribution in [0.3, 0.4) is 0 Å². The Kier molecular flexibility index (Phi) is 7.65. The Morgan fingerprint density at radius 2 is 1.60 bits per heavy atom. The van der Waals surface area contributed by atoms with E-state index in [2.05, 4.69) is 5.32 Å². The van der Waals surface area contributed by atoms with E-state index in [1.807, 2.05) is 107 Å². The van der Waals surface area contributed by atoms with Crippen LogP contribution in [0, 0.1) is 11.3 Å². The van der Waals surface area contributed by atoms with E-state index in [0.717, 1.165) is 22.5 Å². The predicted octanol–water partition coefficient (Wildman–Crippen LogP) is 4.92. The third-order valence-electron chi connectivity index (χ3n) is 4.86. The number of carbonyl (C=O) groups excluding carboxylic acids is 2. The summed E-state index contributed by atoms with van der Waals surface area (Å²) < 4.78 is 0. The molecule has 0 spiro atoms. The van der Waals surface area contributed by atoms with Crippen molar-refractivity contribution in [1.29, 1.82) is 0 Å². The van der Waals surface area contributed by atoms with E-state index in [0.29, 0.717) is 13.1 Å². The molecule has 2 aromatic carbocycles. The van der Waals surface area contributed by atoms with Gasteiger partial charge in [0.1, 0.15) is 0 Å². The minimum atomic E-state index is -0.490. The fourth-order valence-electron chi connectivity index (χ4n) is 3.20. The summed E-state index contributed by atoms with van der Waals surface area (Å²) in [6.45, 7) is 10.6. The van der Waals surface area contributed by atoms with Crippen LogP contribution in [-0.2, 0) is 22.7 Å². The molecule has 0 heterocycles. The van der Waals surface area contributed by atoms with Crippen molar-refractivity contribution in [1.82, 2.24) is 4.90 Å². The summed E-state index contributed by atoms with van der Waals surface area (Å²) in [5.74, 6) is -0.0304. The highest BCUT2D eigenvalue weighted by molar-refractivity contribution is 5.92. The van der Waals surface area contributed by atoms with Crippen LogP contribution < -0.4 is 10.2 Å². The first-order chi connectivity index (χ1) is 14.0. The van der Waals surface area contributed by atoms with Gasteiger partial charge >= 0.3 is 0 Å². The van der Waals surface area contributed by atoms with Crippen LogP contribution in [0.25, 0.3) is 0 Å². The van der Waals surface area contributed by atoms with E-state index in [-0.39, 0.29) is 17.7 Å².